The van der Waals surface area contributed by atoms with Crippen LogP contribution >= 0.6 is 23.1 Å². The number of fused-ring (bicyclic) bond motifs is 1. The van der Waals surface area contributed by atoms with Crippen LogP contribution in [-0.2, 0) is 4.79 Å². The summed E-state index contributed by atoms with van der Waals surface area (Å²) < 4.78 is 0. The van der Waals surface area contributed by atoms with Crippen molar-refractivity contribution in [1.82, 2.24) is 15.3 Å². The Morgan fingerprint density at radius 1 is 1.30 bits per heavy atom. The van der Waals surface area contributed by atoms with Crippen molar-refractivity contribution >= 4 is 45.0 Å². The average molecular weight is 344 g/mol. The van der Waals surface area contributed by atoms with E-state index in [0.29, 0.717) is 11.0 Å². The molecule has 0 radical (unpaired) electrons. The van der Waals surface area contributed by atoms with Crippen LogP contribution in [0.3, 0.4) is 0 Å². The number of nitrogens with one attached hydrogen (secondary N) is 1. The van der Waals surface area contributed by atoms with Gasteiger partial charge in [-0.3, -0.25) is 4.79 Å². The molecule has 0 fully saturated rings. The van der Waals surface area contributed by atoms with E-state index in [1.54, 1.807) is 0 Å². The number of thiophene rings is 1. The first-order chi connectivity index (χ1) is 11.1. The van der Waals surface area contributed by atoms with Crippen molar-refractivity contribution in [3.63, 3.8) is 0 Å². The van der Waals surface area contributed by atoms with Gasteiger partial charge in [0.15, 0.2) is 5.16 Å². The molecule has 0 saturated carbocycles. The molecule has 0 aliphatic carbocycles. The standard InChI is InChI=1S/C16H16N4OS2/c1-10(11-5-3-2-4-6-11)18-13(21)9-23-16-19-14(17)12-7-8-22-15(12)20-16/h2-8,10H,9H2,1H3,(H,18,21)(H2,17,19,20)/t10-/m0/s1. The number of nitrogens with zero attached hydrogens (tertiary/aromatic N) is 2. The minimum Gasteiger partial charge on any atom is -0.383 e. The molecule has 5 nitrogen and oxygen atoms in total. The van der Waals surface area contributed by atoms with Crippen LogP contribution in [0.5, 0.6) is 0 Å². The van der Waals surface area contributed by atoms with Gasteiger partial charge in [-0.25, -0.2) is 9.97 Å². The number of nitrogens with two attached hydrogens (primary N) is 1. The average Bonchev–Trinajstić information content (AvgIpc) is 3.03. The monoisotopic (exact) mass is 344 g/mol. The van der Waals surface area contributed by atoms with Crippen LogP contribution in [0.15, 0.2) is 46.9 Å². The first-order valence-corrected chi connectivity index (χ1v) is 8.98. The second kappa shape index (κ2) is 6.97. The molecule has 3 N–H and O–H groups in total. The van der Waals surface area contributed by atoms with Crippen LogP contribution in [0.25, 0.3) is 10.2 Å². The van der Waals surface area contributed by atoms with Gasteiger partial charge in [0.05, 0.1) is 17.2 Å². The lowest BCUT2D eigenvalue weighted by atomic mass is 10.1. The fourth-order valence-corrected chi connectivity index (χ4v) is 3.65. The number of carbonyl (C=O) groups excluding carboxylic acids is 1. The molecule has 0 aliphatic rings. The first-order valence-electron chi connectivity index (χ1n) is 7.11. The topological polar surface area (TPSA) is 80.9 Å². The Hall–Kier alpha value is -2.12. The largest absolute Gasteiger partial charge is 0.383 e. The third kappa shape index (κ3) is 3.80. The predicted molar refractivity (Wildman–Crippen MR) is 95.6 cm³/mol. The fraction of sp³-hybridized carbons (Fsp3) is 0.188. The molecular weight excluding hydrogens is 328 g/mol. The number of hydrogen-bond donors (Lipinski definition) is 2. The van der Waals surface area contributed by atoms with E-state index in [1.807, 2.05) is 48.7 Å². The van der Waals surface area contributed by atoms with Gasteiger partial charge in [-0.2, -0.15) is 0 Å². The van der Waals surface area contributed by atoms with Crippen molar-refractivity contribution in [3.8, 4) is 0 Å². The number of hydrogen-bond acceptors (Lipinski definition) is 6. The van der Waals surface area contributed by atoms with Crippen LogP contribution in [-0.4, -0.2) is 21.6 Å². The zero-order chi connectivity index (χ0) is 16.2. The van der Waals surface area contributed by atoms with Crippen molar-refractivity contribution in [1.29, 1.82) is 0 Å². The molecule has 1 atom stereocenters. The zero-order valence-corrected chi connectivity index (χ0v) is 14.2. The number of amides is 1. The molecular formula is C16H16N4OS2. The molecule has 3 rings (SSSR count). The van der Waals surface area contributed by atoms with Gasteiger partial charge in [-0.05, 0) is 23.9 Å². The molecule has 0 bridgehead atoms. The Bertz CT molecular complexity index is 819. The van der Waals surface area contributed by atoms with Crippen molar-refractivity contribution in [3.05, 3.63) is 47.3 Å². The van der Waals surface area contributed by atoms with Gasteiger partial charge in [0, 0.05) is 0 Å². The third-order valence-electron chi connectivity index (χ3n) is 3.34. The Balaban J connectivity index is 1.59. The van der Waals surface area contributed by atoms with Crippen molar-refractivity contribution in [2.75, 3.05) is 11.5 Å². The third-order valence-corrected chi connectivity index (χ3v) is 5.00. The molecule has 3 aromatic rings. The molecule has 0 aliphatic heterocycles. The van der Waals surface area contributed by atoms with Crippen LogP contribution in [0, 0.1) is 0 Å². The van der Waals surface area contributed by atoms with Crippen LogP contribution in [0.1, 0.15) is 18.5 Å². The maximum Gasteiger partial charge on any atom is 0.230 e. The first kappa shape index (κ1) is 15.8. The van der Waals surface area contributed by atoms with Gasteiger partial charge in [-0.15, -0.1) is 11.3 Å². The molecule has 0 unspecified atom stereocenters. The van der Waals surface area contributed by atoms with Gasteiger partial charge in [-0.1, -0.05) is 42.1 Å². The second-order valence-electron chi connectivity index (χ2n) is 5.02. The Morgan fingerprint density at radius 3 is 2.87 bits per heavy atom. The van der Waals surface area contributed by atoms with Crippen molar-refractivity contribution < 1.29 is 4.79 Å². The summed E-state index contributed by atoms with van der Waals surface area (Å²) >= 11 is 2.80. The lowest BCUT2D eigenvalue weighted by Crippen LogP contribution is -2.28. The van der Waals surface area contributed by atoms with Gasteiger partial charge < -0.3 is 11.1 Å². The Kier molecular flexibility index (Phi) is 4.78. The van der Waals surface area contributed by atoms with Crippen LogP contribution in [0.4, 0.5) is 5.82 Å². The van der Waals surface area contributed by atoms with E-state index in [1.165, 1.54) is 23.1 Å². The van der Waals surface area contributed by atoms with E-state index in [2.05, 4.69) is 15.3 Å². The van der Waals surface area contributed by atoms with Gasteiger partial charge in [0.1, 0.15) is 10.6 Å². The summed E-state index contributed by atoms with van der Waals surface area (Å²) in [6.45, 7) is 1.96. The van der Waals surface area contributed by atoms with Gasteiger partial charge in [0.25, 0.3) is 0 Å². The smallest absolute Gasteiger partial charge is 0.230 e. The summed E-state index contributed by atoms with van der Waals surface area (Å²) in [7, 11) is 0. The summed E-state index contributed by atoms with van der Waals surface area (Å²) in [4.78, 5) is 21.6. The van der Waals surface area contributed by atoms with E-state index in [9.17, 15) is 4.79 Å². The van der Waals surface area contributed by atoms with Crippen molar-refractivity contribution in [2.24, 2.45) is 0 Å². The summed E-state index contributed by atoms with van der Waals surface area (Å²) in [6, 6.07) is 11.7. The zero-order valence-electron chi connectivity index (χ0n) is 12.5. The normalized spacial score (nSPS) is 12.2. The van der Waals surface area contributed by atoms with E-state index in [4.69, 9.17) is 5.73 Å². The highest BCUT2D eigenvalue weighted by Crippen LogP contribution is 2.26. The van der Waals surface area contributed by atoms with Crippen molar-refractivity contribution in [2.45, 2.75) is 18.1 Å². The van der Waals surface area contributed by atoms with E-state index in [-0.39, 0.29) is 17.7 Å². The summed E-state index contributed by atoms with van der Waals surface area (Å²) in [6.07, 6.45) is 0. The molecule has 1 aromatic carbocycles. The minimum atomic E-state index is -0.0557. The highest BCUT2D eigenvalue weighted by atomic mass is 32.2. The maximum absolute atomic E-state index is 12.1. The highest BCUT2D eigenvalue weighted by molar-refractivity contribution is 7.99. The van der Waals surface area contributed by atoms with E-state index in [0.717, 1.165) is 15.8 Å². The lowest BCUT2D eigenvalue weighted by molar-refractivity contribution is -0.119. The van der Waals surface area contributed by atoms with E-state index < -0.39 is 0 Å². The number of aromatic nitrogens is 2. The Labute approximate surface area is 142 Å². The number of nitrogen functional groups attached to an aromatic ring is 1. The van der Waals surface area contributed by atoms with E-state index >= 15 is 0 Å². The van der Waals surface area contributed by atoms with Crippen LogP contribution in [0.2, 0.25) is 0 Å². The second-order valence-corrected chi connectivity index (χ2v) is 6.86. The predicted octanol–water partition coefficient (Wildman–Crippen LogP) is 3.24. The number of benzene rings is 1. The lowest BCUT2D eigenvalue weighted by Gasteiger charge is -2.13. The summed E-state index contributed by atoms with van der Waals surface area (Å²) in [5.41, 5.74) is 6.98. The number of anilines is 1. The highest BCUT2D eigenvalue weighted by Gasteiger charge is 2.12. The van der Waals surface area contributed by atoms with Gasteiger partial charge in [0.2, 0.25) is 5.91 Å². The van der Waals surface area contributed by atoms with Crippen LogP contribution < -0.4 is 11.1 Å². The molecule has 0 saturated heterocycles. The van der Waals surface area contributed by atoms with Gasteiger partial charge >= 0.3 is 0 Å². The fourth-order valence-electron chi connectivity index (χ4n) is 2.16. The SMILES string of the molecule is C[C@H](NC(=O)CSc1nc(N)c2ccsc2n1)c1ccccc1. The quantitative estimate of drug-likeness (QED) is 0.548. The molecule has 2 aromatic heterocycles. The Morgan fingerprint density at radius 2 is 2.09 bits per heavy atom. The number of carbonyl (C=O) groups is 1. The summed E-state index contributed by atoms with van der Waals surface area (Å²) in [5.74, 6) is 0.657. The number of rotatable bonds is 5. The molecule has 118 valence electrons. The molecule has 23 heavy (non-hydrogen) atoms. The maximum atomic E-state index is 12.1. The molecule has 2 heterocycles. The number of thioether (sulfide) groups is 1. The minimum absolute atomic E-state index is 0.0323. The molecule has 1 amide bonds. The molecule has 0 spiro atoms. The summed E-state index contributed by atoms with van der Waals surface area (Å²) in [5, 5.41) is 6.29. The molecule has 7 heteroatoms.